The summed E-state index contributed by atoms with van der Waals surface area (Å²) in [7, 11) is 13.1. The van der Waals surface area contributed by atoms with Crippen LogP contribution in [0.15, 0.2) is 169 Å². The number of thioether (sulfide) groups is 1. The zero-order chi connectivity index (χ0) is 95.1. The zero-order valence-corrected chi connectivity index (χ0v) is 79.9. The molecule has 0 amide bonds. The molecule has 28 heteroatoms. The Morgan fingerprint density at radius 3 is 1.21 bits per heavy atom. The third-order valence-corrected chi connectivity index (χ3v) is 25.3. The summed E-state index contributed by atoms with van der Waals surface area (Å²) in [5, 5.41) is 103. The van der Waals surface area contributed by atoms with Gasteiger partial charge in [-0.25, -0.2) is 0 Å². The summed E-state index contributed by atoms with van der Waals surface area (Å²) < 4.78 is 52.2. The molecule has 1 heterocycles. The number of hydrogen-bond donors (Lipinski definition) is 11. The molecule has 11 N–H and O–H groups in total. The van der Waals surface area contributed by atoms with Gasteiger partial charge in [0.1, 0.15) is 72.2 Å². The first-order valence-electron chi connectivity index (χ1n) is 43.7. The van der Waals surface area contributed by atoms with Crippen LogP contribution in [0.3, 0.4) is 0 Å². The van der Waals surface area contributed by atoms with Crippen molar-refractivity contribution in [1.29, 1.82) is 0 Å². The lowest BCUT2D eigenvalue weighted by molar-refractivity contribution is -0.299. The SMILES string of the molecule is CCC(=O)C/C(C)=C/CC1C(C)C(=O)C(SC)=C(OC)C1O.CNC1=C(OC)C(O)C(C/C=C(\C)CC/C=C(\C)CCC=C(C)C)C(C)C1=O.COC1=C(OC)C(O)C(C/C=C(\C)CCCO)C(C)C1=O.COC1=C(OC)C(O)C(C/C=C(\C)CCc2ccccc2)C(C)C1=O.COC1=C(OC)C(O)C(C/C=C(\C)CO[C@H]2OC(CO)[C@H](O)[C@@H](O)C2O)C(C)C1=O. The van der Waals surface area contributed by atoms with Gasteiger partial charge in [-0.15, -0.1) is 11.8 Å². The quantitative estimate of drug-likeness (QED) is 0.0273. The third-order valence-electron chi connectivity index (χ3n) is 24.5. The fourth-order valence-corrected chi connectivity index (χ4v) is 16.8. The third kappa shape index (κ3) is 32.1. The molecule has 17 unspecified atom stereocenters. The number of aliphatic hydroxyl groups excluding tert-OH is 10. The molecule has 1 aromatic rings. The average molecular weight is 1790 g/mol. The first kappa shape index (κ1) is 112. The molecular formula is C98H151NO26S. The number of likely N-dealkylation sites (N-methyl/N-ethyl adjacent to an activating group) is 1. The molecule has 1 fully saturated rings. The van der Waals surface area contributed by atoms with Gasteiger partial charge in [-0.05, 0) is 151 Å². The fourth-order valence-electron chi connectivity index (χ4n) is 16.0. The molecular weight excluding hydrogens is 1640 g/mol. The highest BCUT2D eigenvalue weighted by atomic mass is 32.2. The summed E-state index contributed by atoms with van der Waals surface area (Å²) in [5.41, 5.74) is 9.94. The molecule has 0 bridgehead atoms. The zero-order valence-electron chi connectivity index (χ0n) is 79.1. The number of rotatable bonds is 39. The summed E-state index contributed by atoms with van der Waals surface area (Å²) >= 11 is 1.32. The van der Waals surface area contributed by atoms with Crippen LogP contribution in [0.25, 0.3) is 0 Å². The number of benzene rings is 1. The number of ether oxygens (including phenoxy) is 10. The molecule has 1 aromatic carbocycles. The van der Waals surface area contributed by atoms with E-state index in [0.717, 1.165) is 68.1 Å². The van der Waals surface area contributed by atoms with Crippen LogP contribution in [0, 0.1) is 59.2 Å². The number of aryl methyl sites for hydroxylation is 1. The van der Waals surface area contributed by atoms with Gasteiger partial charge in [0.15, 0.2) is 40.9 Å². The highest BCUT2D eigenvalue weighted by Crippen LogP contribution is 2.42. The lowest BCUT2D eigenvalue weighted by Crippen LogP contribution is -2.59. The number of ketones is 6. The lowest BCUT2D eigenvalue weighted by Gasteiger charge is -2.39. The fraction of sp³-hybridized carbons (Fsp3) is 0.633. The Balaban J connectivity index is 0.000000409. The maximum atomic E-state index is 12.6. The number of hydrogen-bond acceptors (Lipinski definition) is 28. The van der Waals surface area contributed by atoms with Gasteiger partial charge in [-0.1, -0.05) is 153 Å². The predicted molar refractivity (Wildman–Crippen MR) is 486 cm³/mol. The van der Waals surface area contributed by atoms with E-state index in [4.69, 9.17) is 52.5 Å². The van der Waals surface area contributed by atoms with Crippen molar-refractivity contribution in [2.45, 2.75) is 254 Å². The van der Waals surface area contributed by atoms with Gasteiger partial charge in [0.25, 0.3) is 0 Å². The maximum Gasteiger partial charge on any atom is 0.204 e. The number of carbonyl (C=O) groups is 6. The van der Waals surface area contributed by atoms with Crippen molar-refractivity contribution in [3.8, 4) is 0 Å². The first-order valence-corrected chi connectivity index (χ1v) is 45.0. The molecule has 0 spiro atoms. The minimum absolute atomic E-state index is 0.00984. The van der Waals surface area contributed by atoms with E-state index in [9.17, 15) is 74.7 Å². The van der Waals surface area contributed by atoms with E-state index in [1.807, 2.05) is 78.1 Å². The van der Waals surface area contributed by atoms with Crippen molar-refractivity contribution in [3.05, 3.63) is 174 Å². The van der Waals surface area contributed by atoms with Gasteiger partial charge in [-0.2, -0.15) is 0 Å². The summed E-state index contributed by atoms with van der Waals surface area (Å²) in [5.74, 6) is -1.50. The van der Waals surface area contributed by atoms with Gasteiger partial charge in [-0.3, -0.25) is 28.8 Å². The van der Waals surface area contributed by atoms with Crippen LogP contribution < -0.4 is 5.32 Å². The van der Waals surface area contributed by atoms with E-state index in [2.05, 4.69) is 76.4 Å². The summed E-state index contributed by atoms with van der Waals surface area (Å²) in [6, 6.07) is 10.4. The standard InChI is InChI=1S/C24H39NO3.C21H28O4.C20H32O10.C17H26O4S.C16H26O5/c1-16(2)10-8-11-17(3)12-9-13-18(4)14-15-20-19(5)22(26)21(25-6)24(28-7)23(20)27;1-14(10-12-16-8-6-5-7-9-16)11-13-17-15(2)18(22)20(24-3)21(25-4)19(17)23;1-9(8-29-20-17(26)16(25)15(24)12(7-21)30-20)5-6-11-10(2)13(22)18(27-3)19(28-4)14(11)23;1-6-12(18)9-10(2)7-8-13-11(3)14(19)17(22-5)16(21-4)15(13)20;1-10(6-5-9-17)7-8-12-11(2)13(18)15(20-3)16(21-4)14(12)19/h10,12,14,19-20,23,25,27H,8-9,11,13,15H2,1-7H3;5-9,11,15,17,19,23H,10,12-13H2,1-4H3;5,10-12,14-17,20-21,23-26H,6-8H2,1-4H3;7,11,13,15,20H,6,8-9H2,1-5H3;7,11-12,14,17,19H,5-6,8-9H2,1-4H3/b17-12+,18-14+;14-11+;9-5+;2*10-7+/t;;10?,11?,12?,14?,15-,16+,17?,20-;;/m..0../s1. The summed E-state index contributed by atoms with van der Waals surface area (Å²) in [6.07, 6.45) is 17.1. The maximum absolute atomic E-state index is 12.6. The number of aliphatic hydroxyl groups is 10. The molecule has 0 aromatic heterocycles. The molecule has 0 saturated carbocycles. The Morgan fingerprint density at radius 1 is 0.444 bits per heavy atom. The molecule has 710 valence electrons. The topological polar surface area (TPSA) is 409 Å². The van der Waals surface area contributed by atoms with Gasteiger partial charge < -0.3 is 104 Å². The lowest BCUT2D eigenvalue weighted by atomic mass is 9.76. The predicted octanol–water partition coefficient (Wildman–Crippen LogP) is 12.5. The van der Waals surface area contributed by atoms with E-state index >= 15 is 0 Å². The van der Waals surface area contributed by atoms with E-state index in [1.165, 1.54) is 96.5 Å². The Kier molecular flexibility index (Phi) is 51.1. The molecule has 20 atom stereocenters. The number of nitrogens with one attached hydrogen (secondary N) is 1. The molecule has 6 aliphatic rings. The Hall–Kier alpha value is -7.81. The Bertz CT molecular complexity index is 4060. The van der Waals surface area contributed by atoms with Crippen LogP contribution in [0.5, 0.6) is 0 Å². The highest BCUT2D eigenvalue weighted by Gasteiger charge is 2.48. The Labute approximate surface area is 752 Å². The van der Waals surface area contributed by atoms with Gasteiger partial charge in [0, 0.05) is 85.7 Å². The number of methoxy groups -OCH3 is 8. The minimum atomic E-state index is -1.51. The van der Waals surface area contributed by atoms with Crippen LogP contribution in [0.2, 0.25) is 0 Å². The number of Topliss-reactive ketones (excluding diaryl/α,β-unsaturated/α-hetero) is 6. The highest BCUT2D eigenvalue weighted by molar-refractivity contribution is 8.03. The van der Waals surface area contributed by atoms with Crippen LogP contribution in [-0.2, 0) is 82.6 Å². The van der Waals surface area contributed by atoms with Crippen LogP contribution in [-0.4, -0.2) is 237 Å². The minimum Gasteiger partial charge on any atom is -0.497 e. The molecule has 27 nitrogen and oxygen atoms in total. The average Bonchev–Trinajstić information content (AvgIpc) is 0.805. The van der Waals surface area contributed by atoms with Crippen molar-refractivity contribution >= 4 is 46.5 Å². The number of allylic oxidation sites excluding steroid dienone is 18. The summed E-state index contributed by atoms with van der Waals surface area (Å²) in [6.45, 7) is 27.0. The summed E-state index contributed by atoms with van der Waals surface area (Å²) in [4.78, 5) is 74.1. The second-order valence-corrected chi connectivity index (χ2v) is 34.5. The monoisotopic (exact) mass is 1790 g/mol. The molecule has 1 aliphatic heterocycles. The molecule has 1 saturated heterocycles. The second-order valence-electron chi connectivity index (χ2n) is 33.6. The largest absolute Gasteiger partial charge is 0.497 e. The molecule has 0 radical (unpaired) electrons. The van der Waals surface area contributed by atoms with Crippen molar-refractivity contribution in [2.24, 2.45) is 59.2 Å². The van der Waals surface area contributed by atoms with Crippen molar-refractivity contribution in [3.63, 3.8) is 0 Å². The molecule has 7 rings (SSSR count). The van der Waals surface area contributed by atoms with E-state index < -0.39 is 79.7 Å². The first-order chi connectivity index (χ1) is 59.7. The van der Waals surface area contributed by atoms with Crippen molar-refractivity contribution in [2.75, 3.05) is 90.0 Å². The Morgan fingerprint density at radius 2 is 0.817 bits per heavy atom. The van der Waals surface area contributed by atoms with Gasteiger partial charge in [0.05, 0.1) is 75.0 Å². The smallest absolute Gasteiger partial charge is 0.204 e. The van der Waals surface area contributed by atoms with E-state index in [0.29, 0.717) is 67.1 Å². The van der Waals surface area contributed by atoms with E-state index in [-0.39, 0.29) is 130 Å². The van der Waals surface area contributed by atoms with Gasteiger partial charge in [0.2, 0.25) is 34.6 Å². The van der Waals surface area contributed by atoms with Crippen molar-refractivity contribution < 1.29 is 127 Å². The van der Waals surface area contributed by atoms with Crippen LogP contribution in [0.1, 0.15) is 192 Å². The normalized spacial score (nSPS) is 28.3. The van der Waals surface area contributed by atoms with Crippen molar-refractivity contribution in [1.82, 2.24) is 5.32 Å². The molecule has 5 aliphatic carbocycles. The van der Waals surface area contributed by atoms with Crippen LogP contribution in [0.4, 0.5) is 0 Å². The van der Waals surface area contributed by atoms with E-state index in [1.54, 1.807) is 33.9 Å². The number of carbonyl (C=O) groups excluding carboxylic acids is 6. The van der Waals surface area contributed by atoms with Gasteiger partial charge >= 0.3 is 0 Å². The molecule has 126 heavy (non-hydrogen) atoms. The van der Waals surface area contributed by atoms with Crippen LogP contribution >= 0.6 is 11.8 Å². The second kappa shape index (κ2) is 57.3.